The molecule has 2 aromatic carbocycles. The lowest BCUT2D eigenvalue weighted by Gasteiger charge is -2.21. The van der Waals surface area contributed by atoms with E-state index in [9.17, 15) is 20.0 Å². The van der Waals surface area contributed by atoms with Crippen molar-refractivity contribution in [1.82, 2.24) is 10.3 Å². The number of hydrogen-bond donors (Lipinski definition) is 2. The molecule has 1 aromatic heterocycles. The number of amides is 1. The molecule has 7 nitrogen and oxygen atoms in total. The van der Waals surface area contributed by atoms with Gasteiger partial charge in [0.15, 0.2) is 0 Å². The molecule has 1 atom stereocenters. The first kappa shape index (κ1) is 19.3. The van der Waals surface area contributed by atoms with Gasteiger partial charge in [-0.2, -0.15) is 0 Å². The normalized spacial score (nSPS) is 11.9. The van der Waals surface area contributed by atoms with Crippen molar-refractivity contribution in [2.24, 2.45) is 0 Å². The first-order chi connectivity index (χ1) is 13.5. The number of nitrogens with zero attached hydrogens (tertiary/aromatic N) is 2. The van der Waals surface area contributed by atoms with Crippen LogP contribution < -0.4 is 5.32 Å². The van der Waals surface area contributed by atoms with Crippen molar-refractivity contribution in [3.63, 3.8) is 0 Å². The van der Waals surface area contributed by atoms with E-state index in [4.69, 9.17) is 0 Å². The summed E-state index contributed by atoms with van der Waals surface area (Å²) >= 11 is 0. The van der Waals surface area contributed by atoms with Crippen molar-refractivity contribution in [3.8, 4) is 5.75 Å². The standard InChI is InChI=1S/C21H21N3O4/c1-2-3-6-18(25)23-19(15-7-10-16(11-8-15)24(27)28)17-12-9-14-5-4-13-22-20(14)21(17)26/h4-5,7-13,19,26H,2-3,6H2,1H3,(H,23,25)/t19-/m1/s1. The summed E-state index contributed by atoms with van der Waals surface area (Å²) in [5, 5.41) is 25.5. The highest BCUT2D eigenvalue weighted by Crippen LogP contribution is 2.35. The number of aromatic nitrogens is 1. The topological polar surface area (TPSA) is 105 Å². The Hall–Kier alpha value is -3.48. The molecule has 0 fully saturated rings. The highest BCUT2D eigenvalue weighted by atomic mass is 16.6. The lowest BCUT2D eigenvalue weighted by atomic mass is 9.95. The van der Waals surface area contributed by atoms with E-state index in [0.29, 0.717) is 23.1 Å². The summed E-state index contributed by atoms with van der Waals surface area (Å²) in [7, 11) is 0. The Balaban J connectivity index is 2.04. The molecular weight excluding hydrogens is 358 g/mol. The van der Waals surface area contributed by atoms with E-state index in [0.717, 1.165) is 18.2 Å². The van der Waals surface area contributed by atoms with Crippen molar-refractivity contribution in [2.45, 2.75) is 32.2 Å². The van der Waals surface area contributed by atoms with Crippen LogP contribution in [0.25, 0.3) is 10.9 Å². The van der Waals surface area contributed by atoms with Crippen LogP contribution in [0.1, 0.15) is 43.4 Å². The maximum absolute atomic E-state index is 12.4. The molecule has 144 valence electrons. The average Bonchev–Trinajstić information content (AvgIpc) is 2.71. The van der Waals surface area contributed by atoms with Crippen LogP contribution in [0.3, 0.4) is 0 Å². The fraction of sp³-hybridized carbons (Fsp3) is 0.238. The Morgan fingerprint density at radius 2 is 1.96 bits per heavy atom. The fourth-order valence-corrected chi connectivity index (χ4v) is 3.08. The molecular formula is C21H21N3O4. The Bertz CT molecular complexity index is 1000. The van der Waals surface area contributed by atoms with Crippen LogP contribution in [-0.4, -0.2) is 20.9 Å². The highest BCUT2D eigenvalue weighted by Gasteiger charge is 2.22. The van der Waals surface area contributed by atoms with Crippen LogP contribution in [0, 0.1) is 10.1 Å². The van der Waals surface area contributed by atoms with E-state index in [1.165, 1.54) is 12.1 Å². The molecule has 0 bridgehead atoms. The quantitative estimate of drug-likeness (QED) is 0.472. The maximum Gasteiger partial charge on any atom is 0.269 e. The predicted molar refractivity (Wildman–Crippen MR) is 106 cm³/mol. The minimum Gasteiger partial charge on any atom is -0.505 e. The van der Waals surface area contributed by atoms with Crippen molar-refractivity contribution in [1.29, 1.82) is 0 Å². The largest absolute Gasteiger partial charge is 0.505 e. The van der Waals surface area contributed by atoms with Gasteiger partial charge in [-0.25, -0.2) is 0 Å². The second kappa shape index (κ2) is 8.47. The van der Waals surface area contributed by atoms with E-state index < -0.39 is 11.0 Å². The molecule has 0 radical (unpaired) electrons. The van der Waals surface area contributed by atoms with Crippen LogP contribution in [0.4, 0.5) is 5.69 Å². The molecule has 0 aliphatic rings. The molecule has 0 aliphatic heterocycles. The fourth-order valence-electron chi connectivity index (χ4n) is 3.08. The van der Waals surface area contributed by atoms with E-state index in [2.05, 4.69) is 10.3 Å². The predicted octanol–water partition coefficient (Wildman–Crippen LogP) is 4.24. The summed E-state index contributed by atoms with van der Waals surface area (Å²) in [6.45, 7) is 2.00. The number of nitro benzene ring substituents is 1. The summed E-state index contributed by atoms with van der Waals surface area (Å²) in [6.07, 6.45) is 3.60. The summed E-state index contributed by atoms with van der Waals surface area (Å²) in [5.41, 5.74) is 1.53. The van der Waals surface area contributed by atoms with E-state index in [-0.39, 0.29) is 17.3 Å². The number of carbonyl (C=O) groups is 1. The van der Waals surface area contributed by atoms with Gasteiger partial charge in [0.25, 0.3) is 5.69 Å². The molecule has 0 unspecified atom stereocenters. The summed E-state index contributed by atoms with van der Waals surface area (Å²) in [6, 6.07) is 12.5. The van der Waals surface area contributed by atoms with Gasteiger partial charge < -0.3 is 10.4 Å². The summed E-state index contributed by atoms with van der Waals surface area (Å²) < 4.78 is 0. The Morgan fingerprint density at radius 3 is 2.64 bits per heavy atom. The zero-order valence-electron chi connectivity index (χ0n) is 15.5. The molecule has 0 saturated carbocycles. The number of aromatic hydroxyl groups is 1. The number of hydrogen-bond acceptors (Lipinski definition) is 5. The van der Waals surface area contributed by atoms with Gasteiger partial charge in [0, 0.05) is 35.7 Å². The van der Waals surface area contributed by atoms with Gasteiger partial charge in [0.2, 0.25) is 5.91 Å². The number of carbonyl (C=O) groups excluding carboxylic acids is 1. The van der Waals surface area contributed by atoms with Gasteiger partial charge >= 0.3 is 0 Å². The molecule has 0 aliphatic carbocycles. The van der Waals surface area contributed by atoms with Crippen LogP contribution in [0.2, 0.25) is 0 Å². The second-order valence-electron chi connectivity index (χ2n) is 6.53. The third-order valence-electron chi connectivity index (χ3n) is 4.59. The number of non-ortho nitro benzene ring substituents is 1. The molecule has 0 spiro atoms. The van der Waals surface area contributed by atoms with E-state index in [1.54, 1.807) is 30.5 Å². The maximum atomic E-state index is 12.4. The minimum absolute atomic E-state index is 0.0164. The molecule has 3 aromatic rings. The van der Waals surface area contributed by atoms with Crippen LogP contribution >= 0.6 is 0 Å². The number of rotatable bonds is 7. The Kier molecular flexibility index (Phi) is 5.84. The summed E-state index contributed by atoms with van der Waals surface area (Å²) in [5.74, 6) is -0.164. The lowest BCUT2D eigenvalue weighted by Crippen LogP contribution is -2.29. The number of nitro groups is 1. The number of phenolic OH excluding ortho intramolecular Hbond substituents is 1. The smallest absolute Gasteiger partial charge is 0.269 e. The molecule has 28 heavy (non-hydrogen) atoms. The zero-order valence-corrected chi connectivity index (χ0v) is 15.5. The van der Waals surface area contributed by atoms with E-state index >= 15 is 0 Å². The van der Waals surface area contributed by atoms with Crippen molar-refractivity contribution >= 4 is 22.5 Å². The molecule has 1 amide bonds. The van der Waals surface area contributed by atoms with Crippen LogP contribution in [-0.2, 0) is 4.79 Å². The molecule has 7 heteroatoms. The van der Waals surface area contributed by atoms with Crippen molar-refractivity contribution < 1.29 is 14.8 Å². The van der Waals surface area contributed by atoms with Gasteiger partial charge in [-0.3, -0.25) is 19.9 Å². The number of benzene rings is 2. The van der Waals surface area contributed by atoms with Gasteiger partial charge in [-0.1, -0.05) is 31.5 Å². The van der Waals surface area contributed by atoms with Gasteiger partial charge in [0.05, 0.1) is 11.0 Å². The first-order valence-electron chi connectivity index (χ1n) is 9.11. The third kappa shape index (κ3) is 4.09. The van der Waals surface area contributed by atoms with Crippen LogP contribution in [0.5, 0.6) is 5.75 Å². The molecule has 0 saturated heterocycles. The molecule has 3 rings (SSSR count). The van der Waals surface area contributed by atoms with Gasteiger partial charge in [0.1, 0.15) is 11.3 Å². The first-order valence-corrected chi connectivity index (χ1v) is 9.11. The Morgan fingerprint density at radius 1 is 1.21 bits per heavy atom. The van der Waals surface area contributed by atoms with Crippen LogP contribution in [0.15, 0.2) is 54.7 Å². The number of pyridine rings is 1. The van der Waals surface area contributed by atoms with E-state index in [1.807, 2.05) is 19.1 Å². The van der Waals surface area contributed by atoms with Gasteiger partial charge in [-0.05, 0) is 30.2 Å². The highest BCUT2D eigenvalue weighted by molar-refractivity contribution is 5.86. The monoisotopic (exact) mass is 379 g/mol. The third-order valence-corrected chi connectivity index (χ3v) is 4.59. The number of nitrogens with one attached hydrogen (secondary N) is 1. The van der Waals surface area contributed by atoms with Crippen molar-refractivity contribution in [2.75, 3.05) is 0 Å². The van der Waals surface area contributed by atoms with Crippen molar-refractivity contribution in [3.05, 3.63) is 76.0 Å². The average molecular weight is 379 g/mol. The van der Waals surface area contributed by atoms with Gasteiger partial charge in [-0.15, -0.1) is 0 Å². The molecule has 1 heterocycles. The minimum atomic E-state index is -0.642. The summed E-state index contributed by atoms with van der Waals surface area (Å²) in [4.78, 5) is 27.1. The number of fused-ring (bicyclic) bond motifs is 1. The molecule has 2 N–H and O–H groups in total. The zero-order chi connectivity index (χ0) is 20.1. The lowest BCUT2D eigenvalue weighted by molar-refractivity contribution is -0.384. The number of unbranched alkanes of at least 4 members (excludes halogenated alkanes) is 1. The second-order valence-corrected chi connectivity index (χ2v) is 6.53. The SMILES string of the molecule is CCCCC(=O)N[C@H](c1ccc([N+](=O)[O-])cc1)c1ccc2cccnc2c1O. The number of phenols is 1. The Labute approximate surface area is 162 Å².